The molecule has 0 bridgehead atoms. The van der Waals surface area contributed by atoms with Crippen molar-refractivity contribution in [3.05, 3.63) is 65.3 Å². The number of rotatable bonds is 4. The lowest BCUT2D eigenvalue weighted by Crippen LogP contribution is -2.50. The molecule has 0 saturated heterocycles. The fraction of sp³-hybridized carbons (Fsp3) is 0.483. The first-order valence-corrected chi connectivity index (χ1v) is 11.9. The van der Waals surface area contributed by atoms with Crippen molar-refractivity contribution in [2.45, 2.75) is 63.4 Å². The number of benzene rings is 1. The first-order chi connectivity index (χ1) is 15.4. The van der Waals surface area contributed by atoms with E-state index in [2.05, 4.69) is 31.6 Å². The van der Waals surface area contributed by atoms with E-state index in [0.717, 1.165) is 37.9 Å². The van der Waals surface area contributed by atoms with Gasteiger partial charge in [0.25, 0.3) is 0 Å². The molecule has 0 unspecified atom stereocenters. The molecule has 0 radical (unpaired) electrons. The number of hydrogen-bond donors (Lipinski definition) is 1. The SMILES string of the molecule is C#C[C@]1(O)CC[C@H]2[C@@H]3CCC4=CC(=O)CCC4=C3[C@@H](c3ccc(OCC=C)cc3)C[C@@]21C. The zero-order valence-electron chi connectivity index (χ0n) is 18.9. The van der Waals surface area contributed by atoms with Gasteiger partial charge in [0.2, 0.25) is 0 Å². The van der Waals surface area contributed by atoms with E-state index in [1.54, 1.807) is 6.08 Å². The van der Waals surface area contributed by atoms with E-state index < -0.39 is 5.60 Å². The molecule has 1 N–H and O–H groups in total. The molecule has 4 aliphatic rings. The Bertz CT molecular complexity index is 1050. The third kappa shape index (κ3) is 3.11. The summed E-state index contributed by atoms with van der Waals surface area (Å²) in [6.07, 6.45) is 15.5. The summed E-state index contributed by atoms with van der Waals surface area (Å²) in [5.41, 5.74) is 4.04. The van der Waals surface area contributed by atoms with Gasteiger partial charge in [-0.3, -0.25) is 4.79 Å². The molecule has 2 fully saturated rings. The molecule has 166 valence electrons. The standard InChI is InChI=1S/C29H32O3/c1-4-16-32-22-10-6-19(7-11-22)25-18-28(3)26(14-15-29(28,31)5-2)24-12-8-20-17-21(30)9-13-23(20)27(24)25/h2,4,6-7,10-11,17,24-26,31H,1,8-9,12-16,18H2,3H3/t24-,25+,26-,28-,29-/m0/s1. The highest BCUT2D eigenvalue weighted by molar-refractivity contribution is 5.93. The Kier molecular flexibility index (Phi) is 5.18. The van der Waals surface area contributed by atoms with Crippen molar-refractivity contribution in [1.82, 2.24) is 0 Å². The molecule has 5 atom stereocenters. The number of carbonyl (C=O) groups is 1. The maximum Gasteiger partial charge on any atom is 0.156 e. The number of terminal acetylenes is 1. The summed E-state index contributed by atoms with van der Waals surface area (Å²) in [6, 6.07) is 8.37. The summed E-state index contributed by atoms with van der Waals surface area (Å²) in [6.45, 7) is 6.42. The first-order valence-electron chi connectivity index (χ1n) is 11.9. The fourth-order valence-corrected chi connectivity index (χ4v) is 7.15. The molecule has 32 heavy (non-hydrogen) atoms. The molecule has 0 heterocycles. The van der Waals surface area contributed by atoms with Crippen LogP contribution in [0.3, 0.4) is 0 Å². The van der Waals surface area contributed by atoms with Gasteiger partial charge in [-0.05, 0) is 85.3 Å². The van der Waals surface area contributed by atoms with Crippen molar-refractivity contribution >= 4 is 5.78 Å². The molecule has 0 aliphatic heterocycles. The van der Waals surface area contributed by atoms with Gasteiger partial charge in [-0.15, -0.1) is 6.42 Å². The lowest BCUT2D eigenvalue weighted by Gasteiger charge is -2.53. The Morgan fingerprint density at radius 2 is 2.03 bits per heavy atom. The fourth-order valence-electron chi connectivity index (χ4n) is 7.15. The van der Waals surface area contributed by atoms with Gasteiger partial charge >= 0.3 is 0 Å². The van der Waals surface area contributed by atoms with Crippen LogP contribution in [0.5, 0.6) is 5.75 Å². The Hall–Kier alpha value is -2.57. The van der Waals surface area contributed by atoms with E-state index in [-0.39, 0.29) is 17.1 Å². The number of fused-ring (bicyclic) bond motifs is 4. The van der Waals surface area contributed by atoms with E-state index in [0.29, 0.717) is 31.3 Å². The number of carbonyl (C=O) groups excluding carboxylic acids is 1. The highest BCUT2D eigenvalue weighted by atomic mass is 16.5. The van der Waals surface area contributed by atoms with Crippen LogP contribution in [0.15, 0.2) is 59.7 Å². The lowest BCUT2D eigenvalue weighted by molar-refractivity contribution is -0.114. The topological polar surface area (TPSA) is 46.5 Å². The maximum absolute atomic E-state index is 12.1. The first kappa shape index (κ1) is 21.3. The van der Waals surface area contributed by atoms with Gasteiger partial charge in [0.05, 0.1) is 0 Å². The number of ketones is 1. The zero-order chi connectivity index (χ0) is 22.5. The van der Waals surface area contributed by atoms with Crippen LogP contribution in [0.25, 0.3) is 0 Å². The molecule has 0 aromatic heterocycles. The second-order valence-electron chi connectivity index (χ2n) is 10.2. The molecule has 5 rings (SSSR count). The summed E-state index contributed by atoms with van der Waals surface area (Å²) < 4.78 is 5.70. The van der Waals surface area contributed by atoms with Crippen molar-refractivity contribution in [2.24, 2.45) is 17.3 Å². The van der Waals surface area contributed by atoms with E-state index in [1.165, 1.54) is 22.3 Å². The molecule has 0 amide bonds. The maximum atomic E-state index is 12.1. The van der Waals surface area contributed by atoms with Crippen LogP contribution in [-0.2, 0) is 4.79 Å². The molecular formula is C29H32O3. The van der Waals surface area contributed by atoms with Gasteiger partial charge in [-0.1, -0.05) is 43.2 Å². The lowest BCUT2D eigenvalue weighted by atomic mass is 9.51. The minimum Gasteiger partial charge on any atom is -0.490 e. The van der Waals surface area contributed by atoms with E-state index in [4.69, 9.17) is 11.2 Å². The van der Waals surface area contributed by atoms with Gasteiger partial charge < -0.3 is 9.84 Å². The van der Waals surface area contributed by atoms with Gasteiger partial charge in [-0.25, -0.2) is 0 Å². The van der Waals surface area contributed by atoms with Crippen molar-refractivity contribution in [3.8, 4) is 18.1 Å². The quantitative estimate of drug-likeness (QED) is 0.508. The van der Waals surface area contributed by atoms with Crippen molar-refractivity contribution in [1.29, 1.82) is 0 Å². The Morgan fingerprint density at radius 1 is 1.25 bits per heavy atom. The zero-order valence-corrected chi connectivity index (χ0v) is 18.9. The summed E-state index contributed by atoms with van der Waals surface area (Å²) in [4.78, 5) is 12.1. The van der Waals surface area contributed by atoms with Crippen molar-refractivity contribution < 1.29 is 14.6 Å². The van der Waals surface area contributed by atoms with Gasteiger partial charge in [-0.2, -0.15) is 0 Å². The summed E-state index contributed by atoms with van der Waals surface area (Å²) in [7, 11) is 0. The predicted molar refractivity (Wildman–Crippen MR) is 126 cm³/mol. The minimum atomic E-state index is -1.06. The van der Waals surface area contributed by atoms with Crippen LogP contribution in [-0.4, -0.2) is 23.1 Å². The molecule has 2 saturated carbocycles. The van der Waals surface area contributed by atoms with Crippen LogP contribution < -0.4 is 4.74 Å². The Balaban J connectivity index is 1.62. The van der Waals surface area contributed by atoms with Gasteiger partial charge in [0.15, 0.2) is 5.78 Å². The van der Waals surface area contributed by atoms with Crippen LogP contribution >= 0.6 is 0 Å². The molecular weight excluding hydrogens is 396 g/mol. The van der Waals surface area contributed by atoms with E-state index in [1.807, 2.05) is 18.2 Å². The summed E-state index contributed by atoms with van der Waals surface area (Å²) in [5, 5.41) is 11.5. The van der Waals surface area contributed by atoms with Gasteiger partial charge in [0.1, 0.15) is 18.0 Å². The Labute approximate surface area is 191 Å². The van der Waals surface area contributed by atoms with E-state index in [9.17, 15) is 9.90 Å². The average Bonchev–Trinajstić information content (AvgIpc) is 3.08. The monoisotopic (exact) mass is 428 g/mol. The second-order valence-corrected chi connectivity index (χ2v) is 10.2. The molecule has 4 aliphatic carbocycles. The number of hydrogen-bond acceptors (Lipinski definition) is 3. The molecule has 3 nitrogen and oxygen atoms in total. The largest absolute Gasteiger partial charge is 0.490 e. The van der Waals surface area contributed by atoms with Crippen LogP contribution in [0, 0.1) is 29.6 Å². The van der Waals surface area contributed by atoms with Crippen LogP contribution in [0.2, 0.25) is 0 Å². The van der Waals surface area contributed by atoms with Crippen molar-refractivity contribution in [3.63, 3.8) is 0 Å². The van der Waals surface area contributed by atoms with Crippen LogP contribution in [0.1, 0.15) is 63.4 Å². The smallest absolute Gasteiger partial charge is 0.156 e. The molecule has 3 heteroatoms. The van der Waals surface area contributed by atoms with E-state index >= 15 is 0 Å². The van der Waals surface area contributed by atoms with Gasteiger partial charge in [0, 0.05) is 17.8 Å². The Morgan fingerprint density at radius 3 is 2.75 bits per heavy atom. The molecule has 1 aromatic rings. The highest BCUT2D eigenvalue weighted by Crippen LogP contribution is 2.66. The number of aliphatic hydroxyl groups is 1. The third-order valence-corrected chi connectivity index (χ3v) is 8.78. The molecule has 0 spiro atoms. The minimum absolute atomic E-state index is 0.194. The number of allylic oxidation sites excluding steroid dienone is 4. The number of ether oxygens (including phenoxy) is 1. The average molecular weight is 429 g/mol. The highest BCUT2D eigenvalue weighted by Gasteiger charge is 2.62. The normalized spacial score (nSPS) is 35.8. The molecule has 1 aromatic carbocycles. The van der Waals surface area contributed by atoms with Crippen LogP contribution in [0.4, 0.5) is 0 Å². The third-order valence-electron chi connectivity index (χ3n) is 8.78. The van der Waals surface area contributed by atoms with Crippen molar-refractivity contribution in [2.75, 3.05) is 6.61 Å². The second kappa shape index (κ2) is 7.78. The summed E-state index contributed by atoms with van der Waals surface area (Å²) in [5.74, 6) is 4.88. The predicted octanol–water partition coefficient (Wildman–Crippen LogP) is 5.52. The summed E-state index contributed by atoms with van der Waals surface area (Å²) >= 11 is 0.